The zero-order valence-corrected chi connectivity index (χ0v) is 21.0. The first-order valence-corrected chi connectivity index (χ1v) is 12.3. The van der Waals surface area contributed by atoms with Gasteiger partial charge in [0.15, 0.2) is 5.13 Å². The van der Waals surface area contributed by atoms with E-state index in [9.17, 15) is 14.7 Å². The first-order valence-electron chi connectivity index (χ1n) is 10.0. The van der Waals surface area contributed by atoms with E-state index in [4.69, 9.17) is 11.6 Å². The summed E-state index contributed by atoms with van der Waals surface area (Å²) < 4.78 is 1.94. The lowest BCUT2D eigenvalue weighted by Crippen LogP contribution is -2.29. The molecule has 0 aliphatic carbocycles. The van der Waals surface area contributed by atoms with E-state index in [-0.39, 0.29) is 11.3 Å². The lowest BCUT2D eigenvalue weighted by molar-refractivity contribution is -0.132. The number of nitrogens with zero attached hydrogens (tertiary/aromatic N) is 2. The number of benzene rings is 3. The van der Waals surface area contributed by atoms with E-state index in [1.54, 1.807) is 24.3 Å². The molecule has 5 rings (SSSR count). The van der Waals surface area contributed by atoms with Crippen LogP contribution >= 0.6 is 45.5 Å². The molecule has 1 unspecified atom stereocenters. The molecule has 2 heterocycles. The molecule has 4 aromatic rings. The third kappa shape index (κ3) is 3.94. The van der Waals surface area contributed by atoms with Crippen molar-refractivity contribution in [2.24, 2.45) is 0 Å². The Kier molecular flexibility index (Phi) is 5.72. The number of hydrogen-bond donors (Lipinski definition) is 1. The van der Waals surface area contributed by atoms with Crippen LogP contribution in [0.3, 0.4) is 0 Å². The van der Waals surface area contributed by atoms with Gasteiger partial charge < -0.3 is 5.11 Å². The molecule has 3 aromatic carbocycles. The van der Waals surface area contributed by atoms with Gasteiger partial charge in [0.2, 0.25) is 0 Å². The Labute approximate surface area is 212 Å². The molecule has 1 fully saturated rings. The molecule has 1 amide bonds. The van der Waals surface area contributed by atoms with Crippen molar-refractivity contribution in [3.05, 3.63) is 97.6 Å². The zero-order chi connectivity index (χ0) is 23.3. The number of carbonyl (C=O) groups excluding carboxylic acids is 2. The number of aliphatic hydroxyl groups is 1. The SMILES string of the molecule is Cc1ccc2nc(N3C(=O)C(=O)C(=C(O)c4ccc(Cl)cc4)C3c3ccc(I)cc3)sc2c1. The summed E-state index contributed by atoms with van der Waals surface area (Å²) in [4.78, 5) is 32.5. The fourth-order valence-corrected chi connectivity index (χ4v) is 5.45. The second-order valence-electron chi connectivity index (χ2n) is 7.70. The fourth-order valence-electron chi connectivity index (χ4n) is 3.88. The molecule has 1 atom stereocenters. The van der Waals surface area contributed by atoms with Crippen molar-refractivity contribution < 1.29 is 14.7 Å². The average molecular weight is 587 g/mol. The second kappa shape index (κ2) is 8.55. The summed E-state index contributed by atoms with van der Waals surface area (Å²) in [5, 5.41) is 12.1. The van der Waals surface area contributed by atoms with Gasteiger partial charge in [0.25, 0.3) is 5.78 Å². The van der Waals surface area contributed by atoms with Gasteiger partial charge >= 0.3 is 5.91 Å². The van der Waals surface area contributed by atoms with Crippen molar-refractivity contribution in [3.8, 4) is 0 Å². The number of ketones is 1. The van der Waals surface area contributed by atoms with Crippen LogP contribution in [0.25, 0.3) is 16.0 Å². The molecule has 0 saturated carbocycles. The predicted molar refractivity (Wildman–Crippen MR) is 140 cm³/mol. The number of fused-ring (bicyclic) bond motifs is 1. The number of aliphatic hydroxyl groups excluding tert-OH is 1. The van der Waals surface area contributed by atoms with E-state index in [0.29, 0.717) is 21.3 Å². The smallest absolute Gasteiger partial charge is 0.301 e. The molecule has 8 heteroatoms. The predicted octanol–water partition coefficient (Wildman–Crippen LogP) is 6.49. The number of amides is 1. The van der Waals surface area contributed by atoms with Gasteiger partial charge in [-0.2, -0.15) is 0 Å². The van der Waals surface area contributed by atoms with Crippen molar-refractivity contribution in [3.63, 3.8) is 0 Å². The van der Waals surface area contributed by atoms with Crippen LogP contribution in [0.2, 0.25) is 5.02 Å². The molecule has 1 aromatic heterocycles. The fraction of sp³-hybridized carbons (Fsp3) is 0.0800. The highest BCUT2D eigenvalue weighted by Gasteiger charge is 2.48. The van der Waals surface area contributed by atoms with E-state index in [1.165, 1.54) is 16.2 Å². The number of halogens is 2. The molecule has 1 aliphatic rings. The van der Waals surface area contributed by atoms with Gasteiger partial charge in [0.1, 0.15) is 5.76 Å². The number of hydrogen-bond acceptors (Lipinski definition) is 5. The summed E-state index contributed by atoms with van der Waals surface area (Å²) in [5.74, 6) is -1.71. The zero-order valence-electron chi connectivity index (χ0n) is 17.3. The number of rotatable bonds is 3. The summed E-state index contributed by atoms with van der Waals surface area (Å²) in [5.41, 5.74) is 2.98. The Morgan fingerprint density at radius 1 is 1.06 bits per heavy atom. The summed E-state index contributed by atoms with van der Waals surface area (Å²) in [6, 6.07) is 19.1. The number of carbonyl (C=O) groups is 2. The molecule has 0 spiro atoms. The summed E-state index contributed by atoms with van der Waals surface area (Å²) in [6.45, 7) is 1.99. The summed E-state index contributed by atoms with van der Waals surface area (Å²) in [6.07, 6.45) is 0. The third-order valence-corrected chi connectivity index (χ3v) is 7.48. The molecule has 5 nitrogen and oxygen atoms in total. The van der Waals surface area contributed by atoms with Gasteiger partial charge in [-0.3, -0.25) is 14.5 Å². The third-order valence-electron chi connectivity index (χ3n) is 5.49. The molecular formula is C25H16ClIN2O3S. The standard InChI is InChI=1S/C25H16ClIN2O3S/c1-13-2-11-18-19(12-13)33-25(28-18)29-21(14-5-9-17(27)10-6-14)20(23(31)24(29)32)22(30)15-3-7-16(26)8-4-15/h2-12,21,30H,1H3. The van der Waals surface area contributed by atoms with Gasteiger partial charge in [0, 0.05) is 14.2 Å². The molecule has 0 bridgehead atoms. The number of aryl methyl sites for hydroxylation is 1. The van der Waals surface area contributed by atoms with Crippen LogP contribution in [0.4, 0.5) is 5.13 Å². The van der Waals surface area contributed by atoms with Crippen LogP contribution < -0.4 is 4.90 Å². The van der Waals surface area contributed by atoms with Crippen molar-refractivity contribution in [2.75, 3.05) is 4.90 Å². The van der Waals surface area contributed by atoms with E-state index in [2.05, 4.69) is 27.6 Å². The Hall–Kier alpha value is -2.75. The lowest BCUT2D eigenvalue weighted by atomic mass is 9.95. The summed E-state index contributed by atoms with van der Waals surface area (Å²) in [7, 11) is 0. The van der Waals surface area contributed by atoms with E-state index < -0.39 is 17.7 Å². The van der Waals surface area contributed by atoms with Gasteiger partial charge in [-0.1, -0.05) is 41.1 Å². The number of anilines is 1. The number of thiazole rings is 1. The number of aromatic nitrogens is 1. The van der Waals surface area contributed by atoms with Crippen molar-refractivity contribution in [1.82, 2.24) is 4.98 Å². The minimum atomic E-state index is -0.806. The highest BCUT2D eigenvalue weighted by Crippen LogP contribution is 2.44. The Balaban J connectivity index is 1.73. The van der Waals surface area contributed by atoms with Gasteiger partial charge in [0.05, 0.1) is 21.8 Å². The average Bonchev–Trinajstić information content (AvgIpc) is 3.32. The van der Waals surface area contributed by atoms with Crippen LogP contribution in [0.1, 0.15) is 22.7 Å². The van der Waals surface area contributed by atoms with E-state index >= 15 is 0 Å². The minimum absolute atomic E-state index is 0.0268. The highest BCUT2D eigenvalue weighted by molar-refractivity contribution is 14.1. The quantitative estimate of drug-likeness (QED) is 0.129. The largest absolute Gasteiger partial charge is 0.507 e. The van der Waals surface area contributed by atoms with E-state index in [1.807, 2.05) is 49.4 Å². The van der Waals surface area contributed by atoms with Crippen molar-refractivity contribution in [2.45, 2.75) is 13.0 Å². The summed E-state index contributed by atoms with van der Waals surface area (Å²) >= 11 is 9.53. The molecule has 1 saturated heterocycles. The van der Waals surface area contributed by atoms with Crippen LogP contribution in [-0.2, 0) is 9.59 Å². The maximum atomic E-state index is 13.3. The van der Waals surface area contributed by atoms with Gasteiger partial charge in [-0.05, 0) is 89.2 Å². The Bertz CT molecular complexity index is 1450. The van der Waals surface area contributed by atoms with Crippen LogP contribution in [0, 0.1) is 10.5 Å². The molecular weight excluding hydrogens is 571 g/mol. The topological polar surface area (TPSA) is 70.5 Å². The first-order chi connectivity index (χ1) is 15.8. The number of Topliss-reactive ketones (excluding diaryl/α,β-unsaturated/α-hetero) is 1. The Morgan fingerprint density at radius 3 is 2.45 bits per heavy atom. The van der Waals surface area contributed by atoms with Crippen molar-refractivity contribution in [1.29, 1.82) is 0 Å². The van der Waals surface area contributed by atoms with E-state index in [0.717, 1.165) is 19.4 Å². The normalized spacial score (nSPS) is 17.8. The first kappa shape index (κ1) is 22.1. The molecule has 33 heavy (non-hydrogen) atoms. The maximum absolute atomic E-state index is 13.3. The van der Waals surface area contributed by atoms with Gasteiger partial charge in [-0.25, -0.2) is 4.98 Å². The molecule has 1 N–H and O–H groups in total. The van der Waals surface area contributed by atoms with Crippen LogP contribution in [-0.4, -0.2) is 21.8 Å². The molecule has 1 aliphatic heterocycles. The monoisotopic (exact) mass is 586 g/mol. The van der Waals surface area contributed by atoms with Crippen LogP contribution in [0.15, 0.2) is 72.3 Å². The minimum Gasteiger partial charge on any atom is -0.507 e. The molecule has 164 valence electrons. The highest BCUT2D eigenvalue weighted by atomic mass is 127. The van der Waals surface area contributed by atoms with Crippen LogP contribution in [0.5, 0.6) is 0 Å². The lowest BCUT2D eigenvalue weighted by Gasteiger charge is -2.23. The van der Waals surface area contributed by atoms with Crippen molar-refractivity contribution >= 4 is 78.3 Å². The Morgan fingerprint density at radius 2 is 1.76 bits per heavy atom. The second-order valence-corrected chi connectivity index (χ2v) is 10.4. The maximum Gasteiger partial charge on any atom is 0.301 e. The van der Waals surface area contributed by atoms with Gasteiger partial charge in [-0.15, -0.1) is 0 Å². The molecule has 0 radical (unpaired) electrons.